The SMILES string of the molecule is CN1CCC(CN(C)C2CCCCCC2O)CC1. The number of aliphatic hydroxyl groups is 1. The lowest BCUT2D eigenvalue weighted by Gasteiger charge is -2.36. The predicted octanol–water partition coefficient (Wildman–Crippen LogP) is 1.95. The van der Waals surface area contributed by atoms with E-state index < -0.39 is 0 Å². The molecule has 0 radical (unpaired) electrons. The van der Waals surface area contributed by atoms with Gasteiger partial charge in [0.1, 0.15) is 0 Å². The van der Waals surface area contributed by atoms with Crippen molar-refractivity contribution in [3.05, 3.63) is 0 Å². The van der Waals surface area contributed by atoms with Crippen LogP contribution in [-0.4, -0.2) is 60.8 Å². The van der Waals surface area contributed by atoms with Gasteiger partial charge in [-0.05, 0) is 58.8 Å². The largest absolute Gasteiger partial charge is 0.391 e. The Morgan fingerprint density at radius 1 is 1.06 bits per heavy atom. The molecule has 0 amide bonds. The smallest absolute Gasteiger partial charge is 0.0695 e. The predicted molar refractivity (Wildman–Crippen MR) is 75.7 cm³/mol. The van der Waals surface area contributed by atoms with Gasteiger partial charge in [0.15, 0.2) is 0 Å². The molecule has 2 unspecified atom stereocenters. The van der Waals surface area contributed by atoms with Gasteiger partial charge in [-0.3, -0.25) is 0 Å². The Morgan fingerprint density at radius 3 is 2.44 bits per heavy atom. The first-order valence-corrected chi connectivity index (χ1v) is 7.73. The number of likely N-dealkylation sites (N-methyl/N-ethyl adjacent to an activating group) is 1. The first kappa shape index (κ1) is 14.3. The number of likely N-dealkylation sites (tertiary alicyclic amines) is 1. The third kappa shape index (κ3) is 3.94. The minimum atomic E-state index is -0.0937. The van der Waals surface area contributed by atoms with E-state index in [-0.39, 0.29) is 6.10 Å². The van der Waals surface area contributed by atoms with Crippen LogP contribution in [0.25, 0.3) is 0 Å². The van der Waals surface area contributed by atoms with Crippen molar-refractivity contribution in [3.8, 4) is 0 Å². The first-order chi connectivity index (χ1) is 8.66. The van der Waals surface area contributed by atoms with Crippen LogP contribution in [0.15, 0.2) is 0 Å². The second kappa shape index (κ2) is 6.88. The van der Waals surface area contributed by atoms with Gasteiger partial charge in [-0.25, -0.2) is 0 Å². The molecule has 1 saturated heterocycles. The van der Waals surface area contributed by atoms with Crippen molar-refractivity contribution in [1.82, 2.24) is 9.80 Å². The van der Waals surface area contributed by atoms with Crippen LogP contribution in [0.4, 0.5) is 0 Å². The molecule has 1 N–H and O–H groups in total. The number of nitrogens with zero attached hydrogens (tertiary/aromatic N) is 2. The molecule has 106 valence electrons. The molecule has 0 aromatic carbocycles. The molecule has 2 rings (SSSR count). The summed E-state index contributed by atoms with van der Waals surface area (Å²) in [6, 6.07) is 0.409. The monoisotopic (exact) mass is 254 g/mol. The second-order valence-corrected chi connectivity index (χ2v) is 6.46. The molecular formula is C15H30N2O. The topological polar surface area (TPSA) is 26.7 Å². The molecule has 1 heterocycles. The Morgan fingerprint density at radius 2 is 1.72 bits per heavy atom. The first-order valence-electron chi connectivity index (χ1n) is 7.73. The highest BCUT2D eigenvalue weighted by atomic mass is 16.3. The van der Waals surface area contributed by atoms with Crippen LogP contribution < -0.4 is 0 Å². The van der Waals surface area contributed by atoms with E-state index >= 15 is 0 Å². The molecule has 2 fully saturated rings. The average Bonchev–Trinajstić information content (AvgIpc) is 2.57. The molecule has 18 heavy (non-hydrogen) atoms. The minimum Gasteiger partial charge on any atom is -0.391 e. The summed E-state index contributed by atoms with van der Waals surface area (Å²) in [5, 5.41) is 10.2. The van der Waals surface area contributed by atoms with Gasteiger partial charge in [-0.15, -0.1) is 0 Å². The molecule has 3 nitrogen and oxygen atoms in total. The van der Waals surface area contributed by atoms with Gasteiger partial charge in [-0.2, -0.15) is 0 Å². The quantitative estimate of drug-likeness (QED) is 0.780. The number of piperidine rings is 1. The lowest BCUT2D eigenvalue weighted by Crippen LogP contribution is -2.44. The van der Waals surface area contributed by atoms with E-state index in [0.29, 0.717) is 6.04 Å². The second-order valence-electron chi connectivity index (χ2n) is 6.46. The lowest BCUT2D eigenvalue weighted by atomic mass is 9.95. The Hall–Kier alpha value is -0.120. The zero-order valence-electron chi connectivity index (χ0n) is 12.1. The van der Waals surface area contributed by atoms with Crippen LogP contribution in [0.5, 0.6) is 0 Å². The number of rotatable bonds is 3. The highest BCUT2D eigenvalue weighted by Crippen LogP contribution is 2.24. The van der Waals surface area contributed by atoms with Gasteiger partial charge in [0.05, 0.1) is 6.10 Å². The highest BCUT2D eigenvalue weighted by Gasteiger charge is 2.27. The summed E-state index contributed by atoms with van der Waals surface area (Å²) < 4.78 is 0. The molecular weight excluding hydrogens is 224 g/mol. The van der Waals surface area contributed by atoms with E-state index in [1.165, 1.54) is 58.2 Å². The molecule has 0 bridgehead atoms. The molecule has 1 aliphatic carbocycles. The zero-order valence-corrected chi connectivity index (χ0v) is 12.1. The van der Waals surface area contributed by atoms with Crippen LogP contribution in [0.3, 0.4) is 0 Å². The van der Waals surface area contributed by atoms with Crippen LogP contribution >= 0.6 is 0 Å². The fourth-order valence-electron chi connectivity index (χ4n) is 3.57. The zero-order chi connectivity index (χ0) is 13.0. The van der Waals surface area contributed by atoms with Crippen molar-refractivity contribution in [1.29, 1.82) is 0 Å². The maximum absolute atomic E-state index is 10.2. The van der Waals surface area contributed by atoms with Crippen LogP contribution in [0.1, 0.15) is 44.9 Å². The molecule has 0 aromatic rings. The van der Waals surface area contributed by atoms with Crippen LogP contribution in [-0.2, 0) is 0 Å². The van der Waals surface area contributed by atoms with Gasteiger partial charge in [0.25, 0.3) is 0 Å². The number of aliphatic hydroxyl groups excluding tert-OH is 1. The molecule has 3 heteroatoms. The fourth-order valence-corrected chi connectivity index (χ4v) is 3.57. The minimum absolute atomic E-state index is 0.0937. The van der Waals surface area contributed by atoms with Crippen molar-refractivity contribution in [2.24, 2.45) is 5.92 Å². The molecule has 2 aliphatic rings. The van der Waals surface area contributed by atoms with Crippen molar-refractivity contribution < 1.29 is 5.11 Å². The van der Waals surface area contributed by atoms with Gasteiger partial charge in [0.2, 0.25) is 0 Å². The van der Waals surface area contributed by atoms with E-state index in [2.05, 4.69) is 23.9 Å². The summed E-state index contributed by atoms with van der Waals surface area (Å²) >= 11 is 0. The third-order valence-corrected chi connectivity index (χ3v) is 4.89. The standard InChI is InChI=1S/C15H30N2O/c1-16-10-8-13(9-11-16)12-17(2)14-6-4-3-5-7-15(14)18/h13-15,18H,3-12H2,1-2H3. The summed E-state index contributed by atoms with van der Waals surface area (Å²) in [5.41, 5.74) is 0. The van der Waals surface area contributed by atoms with E-state index in [0.717, 1.165) is 12.3 Å². The number of hydrogen-bond donors (Lipinski definition) is 1. The molecule has 0 aromatic heterocycles. The maximum Gasteiger partial charge on any atom is 0.0695 e. The Labute approximate surface area is 112 Å². The third-order valence-electron chi connectivity index (χ3n) is 4.89. The van der Waals surface area contributed by atoms with Crippen molar-refractivity contribution in [2.75, 3.05) is 33.7 Å². The summed E-state index contributed by atoms with van der Waals surface area (Å²) in [6.45, 7) is 3.66. The van der Waals surface area contributed by atoms with E-state index in [1.54, 1.807) is 0 Å². The van der Waals surface area contributed by atoms with Gasteiger partial charge in [-0.1, -0.05) is 19.3 Å². The molecule has 1 saturated carbocycles. The van der Waals surface area contributed by atoms with Crippen molar-refractivity contribution in [3.63, 3.8) is 0 Å². The maximum atomic E-state index is 10.2. The normalized spacial score (nSPS) is 32.7. The van der Waals surface area contributed by atoms with E-state index in [9.17, 15) is 5.11 Å². The highest BCUT2D eigenvalue weighted by molar-refractivity contribution is 4.82. The van der Waals surface area contributed by atoms with Gasteiger partial charge in [0, 0.05) is 12.6 Å². The summed E-state index contributed by atoms with van der Waals surface area (Å²) in [6.07, 6.45) is 8.54. The van der Waals surface area contributed by atoms with Crippen LogP contribution in [0.2, 0.25) is 0 Å². The molecule has 2 atom stereocenters. The molecule has 0 spiro atoms. The summed E-state index contributed by atoms with van der Waals surface area (Å²) in [5.74, 6) is 0.835. The summed E-state index contributed by atoms with van der Waals surface area (Å²) in [4.78, 5) is 4.88. The van der Waals surface area contributed by atoms with Crippen molar-refractivity contribution >= 4 is 0 Å². The van der Waals surface area contributed by atoms with Gasteiger partial charge < -0.3 is 14.9 Å². The Balaban J connectivity index is 1.80. The number of hydrogen-bond acceptors (Lipinski definition) is 3. The average molecular weight is 254 g/mol. The Bertz CT molecular complexity index is 239. The van der Waals surface area contributed by atoms with Gasteiger partial charge >= 0.3 is 0 Å². The van der Waals surface area contributed by atoms with E-state index in [1.807, 2.05) is 0 Å². The Kier molecular flexibility index (Phi) is 5.46. The lowest BCUT2D eigenvalue weighted by molar-refractivity contribution is 0.0439. The summed E-state index contributed by atoms with van der Waals surface area (Å²) in [7, 11) is 4.44. The molecule has 1 aliphatic heterocycles. The fraction of sp³-hybridized carbons (Fsp3) is 1.00. The van der Waals surface area contributed by atoms with Crippen LogP contribution in [0, 0.1) is 5.92 Å². The van der Waals surface area contributed by atoms with Crippen molar-refractivity contribution in [2.45, 2.75) is 57.1 Å². The van der Waals surface area contributed by atoms with E-state index in [4.69, 9.17) is 0 Å².